The van der Waals surface area contributed by atoms with Crippen molar-refractivity contribution in [3.63, 3.8) is 0 Å². The second kappa shape index (κ2) is 7.58. The standard InChI is InChI=1S/C17H27BrN2S/c1-13-11-19-16(14-5-3-2-4-6-14)12-20(13)10-9-15-7-8-17(18)21-15/h7-8,13-14,16,19H,2-6,9-12H2,1H3. The van der Waals surface area contributed by atoms with Crippen molar-refractivity contribution in [3.8, 4) is 0 Å². The molecular formula is C17H27BrN2S. The fraction of sp³-hybridized carbons (Fsp3) is 0.765. The Hall–Kier alpha value is 0.1000. The highest BCUT2D eigenvalue weighted by molar-refractivity contribution is 9.11. The van der Waals surface area contributed by atoms with Crippen LogP contribution >= 0.6 is 27.3 Å². The van der Waals surface area contributed by atoms with Crippen LogP contribution in [0, 0.1) is 5.92 Å². The molecule has 1 aliphatic carbocycles. The molecule has 4 heteroatoms. The summed E-state index contributed by atoms with van der Waals surface area (Å²) in [4.78, 5) is 4.21. The smallest absolute Gasteiger partial charge is 0.0701 e. The van der Waals surface area contributed by atoms with Gasteiger partial charge in [0.15, 0.2) is 0 Å². The van der Waals surface area contributed by atoms with E-state index in [0.29, 0.717) is 6.04 Å². The van der Waals surface area contributed by atoms with Crippen LogP contribution in [-0.4, -0.2) is 36.6 Å². The van der Waals surface area contributed by atoms with Gasteiger partial charge < -0.3 is 5.32 Å². The van der Waals surface area contributed by atoms with Crippen molar-refractivity contribution in [1.29, 1.82) is 0 Å². The summed E-state index contributed by atoms with van der Waals surface area (Å²) >= 11 is 5.45. The maximum atomic E-state index is 3.82. The molecule has 0 bridgehead atoms. The molecule has 2 fully saturated rings. The highest BCUT2D eigenvalue weighted by Crippen LogP contribution is 2.29. The number of nitrogens with zero attached hydrogens (tertiary/aromatic N) is 1. The molecule has 21 heavy (non-hydrogen) atoms. The molecule has 1 N–H and O–H groups in total. The van der Waals surface area contributed by atoms with Gasteiger partial charge in [0, 0.05) is 36.6 Å². The Labute approximate surface area is 141 Å². The van der Waals surface area contributed by atoms with Crippen molar-refractivity contribution in [3.05, 3.63) is 20.8 Å². The van der Waals surface area contributed by atoms with E-state index < -0.39 is 0 Å². The average Bonchev–Trinajstić information content (AvgIpc) is 2.93. The minimum atomic E-state index is 0.674. The Morgan fingerprint density at radius 1 is 1.29 bits per heavy atom. The molecule has 1 aliphatic heterocycles. The topological polar surface area (TPSA) is 15.3 Å². The molecular weight excluding hydrogens is 344 g/mol. The zero-order valence-electron chi connectivity index (χ0n) is 13.0. The number of thiophene rings is 1. The normalized spacial score (nSPS) is 28.9. The van der Waals surface area contributed by atoms with E-state index >= 15 is 0 Å². The molecule has 1 saturated carbocycles. The molecule has 0 radical (unpaired) electrons. The Balaban J connectivity index is 1.53. The number of hydrogen-bond donors (Lipinski definition) is 1. The van der Waals surface area contributed by atoms with Gasteiger partial charge in [-0.15, -0.1) is 11.3 Å². The number of rotatable bonds is 4. The summed E-state index contributed by atoms with van der Waals surface area (Å²) < 4.78 is 1.26. The SMILES string of the molecule is CC1CNC(C2CCCCC2)CN1CCc1ccc(Br)s1. The van der Waals surface area contributed by atoms with E-state index in [-0.39, 0.29) is 0 Å². The number of halogens is 1. The first kappa shape index (κ1) is 16.0. The fourth-order valence-electron chi connectivity index (χ4n) is 3.85. The van der Waals surface area contributed by atoms with Crippen molar-refractivity contribution in [2.45, 2.75) is 57.5 Å². The summed E-state index contributed by atoms with van der Waals surface area (Å²) in [6, 6.07) is 5.84. The van der Waals surface area contributed by atoms with Crippen LogP contribution in [0.4, 0.5) is 0 Å². The Bertz CT molecular complexity index is 442. The van der Waals surface area contributed by atoms with Crippen molar-refractivity contribution in [1.82, 2.24) is 10.2 Å². The summed E-state index contributed by atoms with van der Waals surface area (Å²) in [7, 11) is 0. The third-order valence-corrected chi connectivity index (χ3v) is 6.91. The highest BCUT2D eigenvalue weighted by Gasteiger charge is 2.30. The second-order valence-corrected chi connectivity index (χ2v) is 9.26. The third kappa shape index (κ3) is 4.31. The van der Waals surface area contributed by atoms with Gasteiger partial charge >= 0.3 is 0 Å². The highest BCUT2D eigenvalue weighted by atomic mass is 79.9. The van der Waals surface area contributed by atoms with Gasteiger partial charge in [0.25, 0.3) is 0 Å². The lowest BCUT2D eigenvalue weighted by Crippen LogP contribution is -2.58. The summed E-state index contributed by atoms with van der Waals surface area (Å²) in [5.41, 5.74) is 0. The van der Waals surface area contributed by atoms with Gasteiger partial charge in [-0.2, -0.15) is 0 Å². The lowest BCUT2D eigenvalue weighted by molar-refractivity contribution is 0.106. The van der Waals surface area contributed by atoms with E-state index in [9.17, 15) is 0 Å². The molecule has 1 aromatic heterocycles. The van der Waals surface area contributed by atoms with Crippen LogP contribution in [0.15, 0.2) is 15.9 Å². The molecule has 2 atom stereocenters. The predicted molar refractivity (Wildman–Crippen MR) is 95.1 cm³/mol. The number of piperazine rings is 1. The van der Waals surface area contributed by atoms with E-state index in [0.717, 1.165) is 18.5 Å². The fourth-order valence-corrected chi connectivity index (χ4v) is 5.32. The summed E-state index contributed by atoms with van der Waals surface area (Å²) in [5, 5.41) is 3.82. The Morgan fingerprint density at radius 2 is 2.10 bits per heavy atom. The van der Waals surface area contributed by atoms with E-state index in [1.807, 2.05) is 11.3 Å². The second-order valence-electron chi connectivity index (χ2n) is 6.71. The van der Waals surface area contributed by atoms with Gasteiger partial charge in [0.05, 0.1) is 3.79 Å². The average molecular weight is 371 g/mol. The van der Waals surface area contributed by atoms with Crippen LogP contribution in [0.3, 0.4) is 0 Å². The molecule has 2 heterocycles. The van der Waals surface area contributed by atoms with Gasteiger partial charge in [-0.3, -0.25) is 4.90 Å². The number of hydrogen-bond acceptors (Lipinski definition) is 3. The molecule has 118 valence electrons. The van der Waals surface area contributed by atoms with Crippen LogP contribution in [0.5, 0.6) is 0 Å². The van der Waals surface area contributed by atoms with Crippen molar-refractivity contribution < 1.29 is 0 Å². The van der Waals surface area contributed by atoms with Crippen LogP contribution in [0.1, 0.15) is 43.9 Å². The van der Waals surface area contributed by atoms with E-state index in [2.05, 4.69) is 45.2 Å². The Kier molecular flexibility index (Phi) is 5.77. The minimum Gasteiger partial charge on any atom is -0.311 e. The quantitative estimate of drug-likeness (QED) is 0.849. The monoisotopic (exact) mass is 370 g/mol. The molecule has 3 rings (SSSR count). The zero-order chi connectivity index (χ0) is 14.7. The van der Waals surface area contributed by atoms with Crippen LogP contribution in [0.25, 0.3) is 0 Å². The van der Waals surface area contributed by atoms with Crippen molar-refractivity contribution in [2.24, 2.45) is 5.92 Å². The van der Waals surface area contributed by atoms with E-state index in [1.54, 1.807) is 0 Å². The summed E-state index contributed by atoms with van der Waals surface area (Å²) in [6.45, 7) is 5.99. The van der Waals surface area contributed by atoms with Gasteiger partial charge in [-0.25, -0.2) is 0 Å². The van der Waals surface area contributed by atoms with E-state index in [1.165, 1.54) is 60.3 Å². The minimum absolute atomic E-state index is 0.674. The van der Waals surface area contributed by atoms with Crippen molar-refractivity contribution >= 4 is 27.3 Å². The maximum absolute atomic E-state index is 3.82. The van der Waals surface area contributed by atoms with Gasteiger partial charge in [0.2, 0.25) is 0 Å². The predicted octanol–water partition coefficient (Wildman–Crippen LogP) is 4.30. The summed E-state index contributed by atoms with van der Waals surface area (Å²) in [5.74, 6) is 0.921. The van der Waals surface area contributed by atoms with Gasteiger partial charge in [-0.1, -0.05) is 19.3 Å². The first-order valence-electron chi connectivity index (χ1n) is 8.44. The first-order valence-corrected chi connectivity index (χ1v) is 10.0. The van der Waals surface area contributed by atoms with Crippen LogP contribution < -0.4 is 5.32 Å². The van der Waals surface area contributed by atoms with Crippen LogP contribution in [-0.2, 0) is 6.42 Å². The largest absolute Gasteiger partial charge is 0.311 e. The Morgan fingerprint density at radius 3 is 2.81 bits per heavy atom. The van der Waals surface area contributed by atoms with Crippen molar-refractivity contribution in [2.75, 3.05) is 19.6 Å². The molecule has 2 nitrogen and oxygen atoms in total. The third-order valence-electron chi connectivity index (χ3n) is 5.22. The van der Waals surface area contributed by atoms with E-state index in [4.69, 9.17) is 0 Å². The first-order chi connectivity index (χ1) is 10.2. The maximum Gasteiger partial charge on any atom is 0.0701 e. The molecule has 0 amide bonds. The van der Waals surface area contributed by atoms with Gasteiger partial charge in [-0.05, 0) is 60.2 Å². The van der Waals surface area contributed by atoms with Crippen LogP contribution in [0.2, 0.25) is 0 Å². The molecule has 1 aromatic rings. The molecule has 2 unspecified atom stereocenters. The number of nitrogens with one attached hydrogen (secondary N) is 1. The lowest BCUT2D eigenvalue weighted by Gasteiger charge is -2.42. The lowest BCUT2D eigenvalue weighted by atomic mass is 9.82. The summed E-state index contributed by atoms with van der Waals surface area (Å²) in [6.07, 6.45) is 8.42. The molecule has 0 spiro atoms. The zero-order valence-corrected chi connectivity index (χ0v) is 15.4. The molecule has 2 aliphatic rings. The molecule has 1 saturated heterocycles. The molecule has 0 aromatic carbocycles. The van der Waals surface area contributed by atoms with Gasteiger partial charge in [0.1, 0.15) is 0 Å².